The van der Waals surface area contributed by atoms with Gasteiger partial charge in [0, 0.05) is 19.1 Å². The molecular formula is C17H26N4. The van der Waals surface area contributed by atoms with Gasteiger partial charge in [0.1, 0.15) is 5.82 Å². The molecule has 0 bridgehead atoms. The third-order valence-corrected chi connectivity index (χ3v) is 4.75. The Morgan fingerprint density at radius 2 is 1.86 bits per heavy atom. The number of nitrogens with zero attached hydrogens (tertiary/aromatic N) is 3. The van der Waals surface area contributed by atoms with Gasteiger partial charge in [-0.1, -0.05) is 18.6 Å². The van der Waals surface area contributed by atoms with Crippen LogP contribution in [0.4, 0.5) is 0 Å². The summed E-state index contributed by atoms with van der Waals surface area (Å²) < 4.78 is 2.20. The number of hydrazine groups is 1. The lowest BCUT2D eigenvalue weighted by molar-refractivity contribution is 0.0303. The van der Waals surface area contributed by atoms with E-state index < -0.39 is 0 Å². The number of hydrogen-bond donors (Lipinski definition) is 1. The molecule has 1 fully saturated rings. The molecule has 21 heavy (non-hydrogen) atoms. The van der Waals surface area contributed by atoms with E-state index in [1.165, 1.54) is 24.8 Å². The van der Waals surface area contributed by atoms with Crippen LogP contribution in [0.15, 0.2) is 24.3 Å². The van der Waals surface area contributed by atoms with Crippen molar-refractivity contribution < 1.29 is 0 Å². The number of para-hydroxylation sites is 2. The van der Waals surface area contributed by atoms with Gasteiger partial charge in [-0.3, -0.25) is 0 Å². The number of benzene rings is 1. The zero-order valence-electron chi connectivity index (χ0n) is 13.5. The second-order valence-corrected chi connectivity index (χ2v) is 6.40. The summed E-state index contributed by atoms with van der Waals surface area (Å²) in [7, 11) is 2.10. The Morgan fingerprint density at radius 1 is 1.19 bits per heavy atom. The molecule has 0 amide bonds. The highest BCUT2D eigenvalue weighted by atomic mass is 15.5. The van der Waals surface area contributed by atoms with Crippen LogP contribution >= 0.6 is 0 Å². The van der Waals surface area contributed by atoms with E-state index in [-0.39, 0.29) is 6.04 Å². The summed E-state index contributed by atoms with van der Waals surface area (Å²) in [5, 5.41) is 2.42. The van der Waals surface area contributed by atoms with Crippen LogP contribution < -0.4 is 5.43 Å². The second-order valence-electron chi connectivity index (χ2n) is 6.40. The summed E-state index contributed by atoms with van der Waals surface area (Å²) in [5.41, 5.74) is 5.95. The summed E-state index contributed by atoms with van der Waals surface area (Å²) >= 11 is 0. The first-order valence-corrected chi connectivity index (χ1v) is 8.03. The number of fused-ring (bicyclic) bond motifs is 1. The van der Waals surface area contributed by atoms with Crippen molar-refractivity contribution in [3.63, 3.8) is 0 Å². The lowest BCUT2D eigenvalue weighted by Crippen LogP contribution is -2.52. The summed E-state index contributed by atoms with van der Waals surface area (Å²) in [4.78, 5) is 4.80. The number of piperidine rings is 1. The van der Waals surface area contributed by atoms with E-state index in [9.17, 15) is 0 Å². The van der Waals surface area contributed by atoms with Crippen molar-refractivity contribution in [3.8, 4) is 0 Å². The Hall–Kier alpha value is -1.39. The van der Waals surface area contributed by atoms with Crippen molar-refractivity contribution in [1.29, 1.82) is 0 Å². The second kappa shape index (κ2) is 5.78. The minimum atomic E-state index is 0.213. The predicted molar refractivity (Wildman–Crippen MR) is 86.9 cm³/mol. The van der Waals surface area contributed by atoms with Gasteiger partial charge in [-0.05, 0) is 45.7 Å². The van der Waals surface area contributed by atoms with Gasteiger partial charge >= 0.3 is 0 Å². The van der Waals surface area contributed by atoms with Crippen molar-refractivity contribution >= 4 is 11.0 Å². The van der Waals surface area contributed by atoms with Crippen LogP contribution in [0, 0.1) is 0 Å². The molecule has 114 valence electrons. The molecule has 1 aliphatic heterocycles. The predicted octanol–water partition coefficient (Wildman–Crippen LogP) is 3.40. The fraction of sp³-hybridized carbons (Fsp3) is 0.588. The lowest BCUT2D eigenvalue weighted by Gasteiger charge is -2.40. The van der Waals surface area contributed by atoms with Crippen LogP contribution in [-0.4, -0.2) is 26.6 Å². The summed E-state index contributed by atoms with van der Waals surface area (Å²) in [6, 6.07) is 9.72. The van der Waals surface area contributed by atoms with Crippen LogP contribution in [0.1, 0.15) is 51.9 Å². The molecule has 1 aromatic carbocycles. The van der Waals surface area contributed by atoms with Crippen molar-refractivity contribution in [2.75, 3.05) is 0 Å². The van der Waals surface area contributed by atoms with Crippen molar-refractivity contribution in [2.24, 2.45) is 7.05 Å². The number of imidazole rings is 1. The fourth-order valence-electron chi connectivity index (χ4n) is 3.51. The summed E-state index contributed by atoms with van der Waals surface area (Å²) in [6.45, 7) is 6.82. The van der Waals surface area contributed by atoms with E-state index in [0.717, 1.165) is 11.3 Å². The summed E-state index contributed by atoms with van der Waals surface area (Å²) in [6.07, 6.45) is 3.88. The number of hydrogen-bond acceptors (Lipinski definition) is 3. The highest BCUT2D eigenvalue weighted by Crippen LogP contribution is 2.24. The van der Waals surface area contributed by atoms with Gasteiger partial charge in [0.05, 0.1) is 17.1 Å². The molecule has 1 aromatic heterocycles. The average Bonchev–Trinajstić information content (AvgIpc) is 2.81. The van der Waals surface area contributed by atoms with Crippen LogP contribution in [-0.2, 0) is 7.05 Å². The third kappa shape index (κ3) is 2.70. The molecule has 0 radical (unpaired) electrons. The molecule has 1 N–H and O–H groups in total. The van der Waals surface area contributed by atoms with Gasteiger partial charge in [-0.2, -0.15) is 0 Å². The Kier molecular flexibility index (Phi) is 4.00. The first-order chi connectivity index (χ1) is 10.1. The van der Waals surface area contributed by atoms with Crippen LogP contribution in [0.2, 0.25) is 0 Å². The van der Waals surface area contributed by atoms with Crippen LogP contribution in [0.25, 0.3) is 11.0 Å². The average molecular weight is 286 g/mol. The molecule has 2 aromatic rings. The maximum atomic E-state index is 4.80. The minimum absolute atomic E-state index is 0.213. The smallest absolute Gasteiger partial charge is 0.127 e. The van der Waals surface area contributed by atoms with E-state index in [1.807, 2.05) is 6.07 Å². The maximum absolute atomic E-state index is 4.80. The van der Waals surface area contributed by atoms with Crippen LogP contribution in [0.5, 0.6) is 0 Å². The molecular weight excluding hydrogens is 260 g/mol. The van der Waals surface area contributed by atoms with E-state index in [0.29, 0.717) is 12.1 Å². The Labute approximate surface area is 127 Å². The minimum Gasteiger partial charge on any atom is -0.330 e. The molecule has 0 saturated carbocycles. The van der Waals surface area contributed by atoms with Gasteiger partial charge in [0.15, 0.2) is 0 Å². The summed E-state index contributed by atoms with van der Waals surface area (Å²) in [5.74, 6) is 1.10. The molecule has 4 nitrogen and oxygen atoms in total. The van der Waals surface area contributed by atoms with Gasteiger partial charge < -0.3 is 4.57 Å². The van der Waals surface area contributed by atoms with Gasteiger partial charge in [-0.15, -0.1) is 0 Å². The van der Waals surface area contributed by atoms with Gasteiger partial charge in [0.25, 0.3) is 0 Å². The maximum Gasteiger partial charge on any atom is 0.127 e. The van der Waals surface area contributed by atoms with Crippen molar-refractivity contribution in [2.45, 2.75) is 58.2 Å². The largest absolute Gasteiger partial charge is 0.330 e. The third-order valence-electron chi connectivity index (χ3n) is 4.75. The SMILES string of the molecule is CC(NN1C(C)CCCC1C)c1nc2ccccc2n1C. The highest BCUT2D eigenvalue weighted by molar-refractivity contribution is 5.75. The Morgan fingerprint density at radius 3 is 2.52 bits per heavy atom. The Balaban J connectivity index is 1.83. The molecule has 4 heteroatoms. The van der Waals surface area contributed by atoms with Crippen molar-refractivity contribution in [1.82, 2.24) is 20.0 Å². The molecule has 3 rings (SSSR count). The van der Waals surface area contributed by atoms with Gasteiger partial charge in [0.2, 0.25) is 0 Å². The standard InChI is InChI=1S/C17H26N4/c1-12-8-7-9-13(2)21(12)19-14(3)17-18-15-10-5-6-11-16(15)20(17)4/h5-6,10-14,19H,7-9H2,1-4H3. The molecule has 2 heterocycles. The number of nitrogens with one attached hydrogen (secondary N) is 1. The normalized spacial score (nSPS) is 25.3. The molecule has 0 aliphatic carbocycles. The fourth-order valence-corrected chi connectivity index (χ4v) is 3.51. The first kappa shape index (κ1) is 14.5. The molecule has 3 unspecified atom stereocenters. The monoisotopic (exact) mass is 286 g/mol. The quantitative estimate of drug-likeness (QED) is 0.938. The van der Waals surface area contributed by atoms with E-state index in [1.54, 1.807) is 0 Å². The van der Waals surface area contributed by atoms with Gasteiger partial charge in [-0.25, -0.2) is 15.4 Å². The topological polar surface area (TPSA) is 33.1 Å². The van der Waals surface area contributed by atoms with E-state index in [4.69, 9.17) is 4.98 Å². The zero-order valence-corrected chi connectivity index (χ0v) is 13.5. The lowest BCUT2D eigenvalue weighted by atomic mass is 10.00. The molecule has 1 aliphatic rings. The van der Waals surface area contributed by atoms with E-state index in [2.05, 4.69) is 61.0 Å². The van der Waals surface area contributed by atoms with Crippen LogP contribution in [0.3, 0.4) is 0 Å². The number of aromatic nitrogens is 2. The zero-order chi connectivity index (χ0) is 15.0. The van der Waals surface area contributed by atoms with Crippen molar-refractivity contribution in [3.05, 3.63) is 30.1 Å². The number of rotatable bonds is 3. The molecule has 3 atom stereocenters. The Bertz CT molecular complexity index is 608. The molecule has 1 saturated heterocycles. The molecule has 0 spiro atoms. The first-order valence-electron chi connectivity index (χ1n) is 8.03. The number of aryl methyl sites for hydroxylation is 1. The highest BCUT2D eigenvalue weighted by Gasteiger charge is 2.27. The van der Waals surface area contributed by atoms with E-state index >= 15 is 0 Å².